The predicted octanol–water partition coefficient (Wildman–Crippen LogP) is 3.75. The van der Waals surface area contributed by atoms with Crippen LogP contribution in [0.2, 0.25) is 0 Å². The van der Waals surface area contributed by atoms with Gasteiger partial charge in [0.15, 0.2) is 0 Å². The van der Waals surface area contributed by atoms with Crippen LogP contribution in [0, 0.1) is 6.92 Å². The van der Waals surface area contributed by atoms with Gasteiger partial charge in [-0.25, -0.2) is 8.42 Å². The largest absolute Gasteiger partial charge is 0.492 e. The number of carbonyl (C=O) groups is 2. The number of para-hydroxylation sites is 2. The van der Waals surface area contributed by atoms with Crippen LogP contribution >= 0.6 is 0 Å². The molecule has 37 heavy (non-hydrogen) atoms. The van der Waals surface area contributed by atoms with E-state index in [4.69, 9.17) is 4.74 Å². The first-order valence-corrected chi connectivity index (χ1v) is 13.5. The first-order valence-electron chi connectivity index (χ1n) is 12.0. The summed E-state index contributed by atoms with van der Waals surface area (Å²) in [6.45, 7) is 5.30. The lowest BCUT2D eigenvalue weighted by atomic mass is 10.1. The molecule has 0 saturated carbocycles. The monoisotopic (exact) mass is 523 g/mol. The van der Waals surface area contributed by atoms with Crippen LogP contribution in [0.3, 0.4) is 0 Å². The van der Waals surface area contributed by atoms with Crippen molar-refractivity contribution in [1.29, 1.82) is 0 Å². The molecule has 0 spiro atoms. The van der Waals surface area contributed by atoms with Crippen LogP contribution in [0.1, 0.15) is 25.0 Å². The maximum absolute atomic E-state index is 13.8. The SMILES string of the molecule is CCOc1ccccc1N(CC(=O)N(Cc1cccc(C)c1)C(C)C(=O)NC)S(=O)(=O)c1ccccc1. The Kier molecular flexibility index (Phi) is 9.30. The highest BCUT2D eigenvalue weighted by Gasteiger charge is 2.33. The highest BCUT2D eigenvalue weighted by Crippen LogP contribution is 2.32. The van der Waals surface area contributed by atoms with Crippen molar-refractivity contribution in [2.45, 2.75) is 38.3 Å². The molecule has 9 heteroatoms. The predicted molar refractivity (Wildman–Crippen MR) is 144 cm³/mol. The first kappa shape index (κ1) is 27.7. The molecule has 3 aromatic rings. The lowest BCUT2D eigenvalue weighted by molar-refractivity contribution is -0.139. The van der Waals surface area contributed by atoms with Crippen molar-refractivity contribution in [3.63, 3.8) is 0 Å². The van der Waals surface area contributed by atoms with Crippen LogP contribution in [-0.2, 0) is 26.2 Å². The molecule has 1 unspecified atom stereocenters. The van der Waals surface area contributed by atoms with Crippen molar-refractivity contribution < 1.29 is 22.7 Å². The number of likely N-dealkylation sites (N-methyl/N-ethyl adjacent to an activating group) is 1. The summed E-state index contributed by atoms with van der Waals surface area (Å²) in [5.41, 5.74) is 2.08. The molecule has 2 amide bonds. The summed E-state index contributed by atoms with van der Waals surface area (Å²) in [5, 5.41) is 2.58. The lowest BCUT2D eigenvalue weighted by Crippen LogP contribution is -2.50. The van der Waals surface area contributed by atoms with Crippen molar-refractivity contribution in [2.75, 3.05) is 24.5 Å². The van der Waals surface area contributed by atoms with Crippen LogP contribution in [0.15, 0.2) is 83.8 Å². The Morgan fingerprint density at radius 2 is 1.65 bits per heavy atom. The topological polar surface area (TPSA) is 96.0 Å². The van der Waals surface area contributed by atoms with Gasteiger partial charge < -0.3 is 15.0 Å². The van der Waals surface area contributed by atoms with E-state index in [1.807, 2.05) is 31.2 Å². The average molecular weight is 524 g/mol. The Hall–Kier alpha value is -3.85. The van der Waals surface area contributed by atoms with Crippen molar-refractivity contribution in [1.82, 2.24) is 10.2 Å². The fourth-order valence-corrected chi connectivity index (χ4v) is 5.42. The molecule has 0 heterocycles. The maximum atomic E-state index is 13.8. The fourth-order valence-electron chi connectivity index (χ4n) is 3.97. The number of nitrogens with one attached hydrogen (secondary N) is 1. The van der Waals surface area contributed by atoms with Gasteiger partial charge in [-0.1, -0.05) is 60.2 Å². The molecule has 3 aromatic carbocycles. The van der Waals surface area contributed by atoms with E-state index in [2.05, 4.69) is 5.32 Å². The number of ether oxygens (including phenoxy) is 1. The van der Waals surface area contributed by atoms with Gasteiger partial charge in [0.05, 0.1) is 17.2 Å². The molecule has 0 aliphatic carbocycles. The highest BCUT2D eigenvalue weighted by atomic mass is 32.2. The first-order chi connectivity index (χ1) is 17.7. The molecule has 0 aliphatic heterocycles. The van der Waals surface area contributed by atoms with E-state index in [9.17, 15) is 18.0 Å². The standard InChI is InChI=1S/C28H33N3O5S/c1-5-36-26-17-10-9-16-25(26)31(37(34,35)24-14-7-6-8-15-24)20-27(32)30(22(3)28(33)29-4)19-23-13-11-12-21(2)18-23/h6-18,22H,5,19-20H2,1-4H3,(H,29,33). The number of carbonyl (C=O) groups excluding carboxylic acids is 2. The minimum atomic E-state index is -4.15. The molecule has 0 aliphatic rings. The fraction of sp³-hybridized carbons (Fsp3) is 0.286. The lowest BCUT2D eigenvalue weighted by Gasteiger charge is -2.32. The minimum absolute atomic E-state index is 0.0404. The van der Waals surface area contributed by atoms with E-state index in [0.717, 1.165) is 15.4 Å². The summed E-state index contributed by atoms with van der Waals surface area (Å²) < 4.78 is 34.4. The molecule has 0 aromatic heterocycles. The van der Waals surface area contributed by atoms with Crippen molar-refractivity contribution in [3.8, 4) is 5.75 Å². The van der Waals surface area contributed by atoms with Gasteiger partial charge in [-0.05, 0) is 50.6 Å². The van der Waals surface area contributed by atoms with Gasteiger partial charge in [-0.3, -0.25) is 13.9 Å². The second-order valence-electron chi connectivity index (χ2n) is 8.53. The summed E-state index contributed by atoms with van der Waals surface area (Å²) in [6.07, 6.45) is 0. The van der Waals surface area contributed by atoms with Crippen molar-refractivity contribution in [3.05, 3.63) is 90.0 Å². The zero-order valence-corrected chi connectivity index (χ0v) is 22.4. The number of amides is 2. The van der Waals surface area contributed by atoms with E-state index in [-0.39, 0.29) is 23.0 Å². The molecule has 196 valence electrons. The normalized spacial score (nSPS) is 11.9. The molecule has 8 nitrogen and oxygen atoms in total. The van der Waals surface area contributed by atoms with Gasteiger partial charge in [-0.15, -0.1) is 0 Å². The maximum Gasteiger partial charge on any atom is 0.264 e. The number of benzene rings is 3. The van der Waals surface area contributed by atoms with Crippen LogP contribution in [0.25, 0.3) is 0 Å². The zero-order chi connectivity index (χ0) is 27.0. The molecule has 0 radical (unpaired) electrons. The molecule has 0 bridgehead atoms. The van der Waals surface area contributed by atoms with Crippen LogP contribution in [0.4, 0.5) is 5.69 Å². The summed E-state index contributed by atoms with van der Waals surface area (Å²) >= 11 is 0. The van der Waals surface area contributed by atoms with Crippen molar-refractivity contribution >= 4 is 27.5 Å². The molecular formula is C28H33N3O5S. The summed E-state index contributed by atoms with van der Waals surface area (Å²) in [4.78, 5) is 27.8. The highest BCUT2D eigenvalue weighted by molar-refractivity contribution is 7.92. The Morgan fingerprint density at radius 1 is 0.973 bits per heavy atom. The molecule has 1 atom stereocenters. The average Bonchev–Trinajstić information content (AvgIpc) is 2.90. The third-order valence-electron chi connectivity index (χ3n) is 5.89. The van der Waals surface area contributed by atoms with E-state index in [0.29, 0.717) is 12.4 Å². The van der Waals surface area contributed by atoms with Crippen molar-refractivity contribution in [2.24, 2.45) is 0 Å². The van der Waals surface area contributed by atoms with Gasteiger partial charge >= 0.3 is 0 Å². The summed E-state index contributed by atoms with van der Waals surface area (Å²) in [6, 6.07) is 21.4. The van der Waals surface area contributed by atoms with E-state index >= 15 is 0 Å². The minimum Gasteiger partial charge on any atom is -0.492 e. The van der Waals surface area contributed by atoms with Gasteiger partial charge in [0.1, 0.15) is 18.3 Å². The van der Waals surface area contributed by atoms with E-state index in [1.165, 1.54) is 24.1 Å². The Bertz CT molecular complexity index is 1330. The summed E-state index contributed by atoms with van der Waals surface area (Å²) in [5.74, 6) is -0.543. The van der Waals surface area contributed by atoms with E-state index in [1.54, 1.807) is 56.3 Å². The Labute approximate surface area is 218 Å². The number of hydrogen-bond donors (Lipinski definition) is 1. The number of hydrogen-bond acceptors (Lipinski definition) is 5. The second kappa shape index (κ2) is 12.4. The third-order valence-corrected chi connectivity index (χ3v) is 7.67. The third kappa shape index (κ3) is 6.68. The summed E-state index contributed by atoms with van der Waals surface area (Å²) in [7, 11) is -2.65. The number of nitrogens with zero attached hydrogens (tertiary/aromatic N) is 2. The molecule has 0 fully saturated rings. The molecule has 3 rings (SSSR count). The molecular weight excluding hydrogens is 490 g/mol. The van der Waals surface area contributed by atoms with Gasteiger partial charge in [0.25, 0.3) is 10.0 Å². The number of anilines is 1. The van der Waals surface area contributed by atoms with Gasteiger partial charge in [0.2, 0.25) is 11.8 Å². The smallest absolute Gasteiger partial charge is 0.264 e. The van der Waals surface area contributed by atoms with E-state index < -0.39 is 28.5 Å². The van der Waals surface area contributed by atoms with Crippen LogP contribution in [0.5, 0.6) is 5.75 Å². The Morgan fingerprint density at radius 3 is 2.30 bits per heavy atom. The number of sulfonamides is 1. The molecule has 1 N–H and O–H groups in total. The zero-order valence-electron chi connectivity index (χ0n) is 21.5. The number of rotatable bonds is 11. The quantitative estimate of drug-likeness (QED) is 0.413. The molecule has 0 saturated heterocycles. The van der Waals surface area contributed by atoms with Crippen LogP contribution < -0.4 is 14.4 Å². The van der Waals surface area contributed by atoms with Crippen LogP contribution in [-0.4, -0.2) is 51.4 Å². The van der Waals surface area contributed by atoms with Gasteiger partial charge in [-0.2, -0.15) is 0 Å². The number of aryl methyl sites for hydroxylation is 1. The second-order valence-corrected chi connectivity index (χ2v) is 10.4. The Balaban J connectivity index is 2.07. The van der Waals surface area contributed by atoms with Gasteiger partial charge in [0, 0.05) is 13.6 Å².